The smallest absolute Gasteiger partial charge is 0.328 e. The van der Waals surface area contributed by atoms with E-state index in [9.17, 15) is 9.59 Å². The van der Waals surface area contributed by atoms with Crippen LogP contribution < -0.4 is 10.6 Å². The maximum atomic E-state index is 11.0. The molecule has 2 amide bonds. The van der Waals surface area contributed by atoms with Gasteiger partial charge in [0.05, 0.1) is 6.61 Å². The molecule has 0 aromatic carbocycles. The van der Waals surface area contributed by atoms with E-state index in [1.165, 1.54) is 0 Å². The molecule has 0 saturated heterocycles. The highest BCUT2D eigenvalue weighted by Gasteiger charge is 2.17. The summed E-state index contributed by atoms with van der Waals surface area (Å²) < 4.78 is 0. The maximum absolute atomic E-state index is 11.0. The van der Waals surface area contributed by atoms with E-state index in [0.717, 1.165) is 0 Å². The third kappa shape index (κ3) is 6.35. The average molecular weight is 214 g/mol. The van der Waals surface area contributed by atoms with Crippen LogP contribution in [-0.4, -0.2) is 41.4 Å². The number of amides is 2. The fraction of sp³-hybridized carbons (Fsp3) is 0.556. The fourth-order valence-corrected chi connectivity index (χ4v) is 0.758. The SMILES string of the molecule is CC#CCCNC(=O)N[C@H](CO)C(=O)O. The van der Waals surface area contributed by atoms with Crippen LogP contribution in [0.1, 0.15) is 13.3 Å². The molecule has 0 aliphatic rings. The molecule has 0 heterocycles. The number of aliphatic hydroxyl groups is 1. The van der Waals surface area contributed by atoms with Gasteiger partial charge in [-0.05, 0) is 6.92 Å². The van der Waals surface area contributed by atoms with E-state index in [0.29, 0.717) is 13.0 Å². The Morgan fingerprint density at radius 1 is 1.47 bits per heavy atom. The summed E-state index contributed by atoms with van der Waals surface area (Å²) in [6.07, 6.45) is 0.501. The van der Waals surface area contributed by atoms with Crippen LogP contribution in [0, 0.1) is 11.8 Å². The lowest BCUT2D eigenvalue weighted by molar-refractivity contribution is -0.140. The molecule has 6 heteroatoms. The average Bonchev–Trinajstić information content (AvgIpc) is 2.20. The summed E-state index contributed by atoms with van der Waals surface area (Å²) in [5.74, 6) is 4.11. The van der Waals surface area contributed by atoms with Crippen molar-refractivity contribution in [3.8, 4) is 11.8 Å². The molecular formula is C9H14N2O4. The van der Waals surface area contributed by atoms with Crippen molar-refractivity contribution in [3.63, 3.8) is 0 Å². The van der Waals surface area contributed by atoms with E-state index in [-0.39, 0.29) is 0 Å². The molecular weight excluding hydrogens is 200 g/mol. The Hall–Kier alpha value is -1.74. The van der Waals surface area contributed by atoms with Crippen LogP contribution >= 0.6 is 0 Å². The summed E-state index contributed by atoms with van der Waals surface area (Å²) in [4.78, 5) is 21.5. The Kier molecular flexibility index (Phi) is 6.76. The van der Waals surface area contributed by atoms with E-state index in [1.54, 1.807) is 6.92 Å². The number of aliphatic hydroxyl groups excluding tert-OH is 1. The lowest BCUT2D eigenvalue weighted by Gasteiger charge is -2.11. The number of carbonyl (C=O) groups is 2. The third-order valence-electron chi connectivity index (χ3n) is 1.50. The molecule has 0 rings (SSSR count). The molecule has 0 fully saturated rings. The third-order valence-corrected chi connectivity index (χ3v) is 1.50. The zero-order valence-corrected chi connectivity index (χ0v) is 8.41. The monoisotopic (exact) mass is 214 g/mol. The minimum absolute atomic E-state index is 0.338. The van der Waals surface area contributed by atoms with Crippen LogP contribution in [0.15, 0.2) is 0 Å². The molecule has 6 nitrogen and oxygen atoms in total. The number of nitrogens with one attached hydrogen (secondary N) is 2. The lowest BCUT2D eigenvalue weighted by Crippen LogP contribution is -2.48. The first-order valence-electron chi connectivity index (χ1n) is 4.39. The standard InChI is InChI=1S/C9H14N2O4/c1-2-3-4-5-10-9(15)11-7(6-12)8(13)14/h7,12H,4-6H2,1H3,(H,13,14)(H2,10,11,15)/t7-/m1/s1. The van der Waals surface area contributed by atoms with Crippen LogP contribution in [0.25, 0.3) is 0 Å². The molecule has 4 N–H and O–H groups in total. The van der Waals surface area contributed by atoms with Crippen molar-refractivity contribution >= 4 is 12.0 Å². The Morgan fingerprint density at radius 3 is 2.60 bits per heavy atom. The lowest BCUT2D eigenvalue weighted by atomic mass is 10.3. The summed E-state index contributed by atoms with van der Waals surface area (Å²) in [5, 5.41) is 21.6. The van der Waals surface area contributed by atoms with Gasteiger partial charge < -0.3 is 20.8 Å². The normalized spacial score (nSPS) is 10.8. The Morgan fingerprint density at radius 2 is 2.13 bits per heavy atom. The molecule has 0 saturated carbocycles. The second-order valence-corrected chi connectivity index (χ2v) is 2.65. The van der Waals surface area contributed by atoms with E-state index in [2.05, 4.69) is 22.5 Å². The number of hydrogen-bond donors (Lipinski definition) is 4. The van der Waals surface area contributed by atoms with Crippen LogP contribution in [0.5, 0.6) is 0 Å². The first-order valence-corrected chi connectivity index (χ1v) is 4.39. The number of urea groups is 1. The highest BCUT2D eigenvalue weighted by atomic mass is 16.4. The second kappa shape index (κ2) is 7.64. The topological polar surface area (TPSA) is 98.7 Å². The molecule has 1 atom stereocenters. The largest absolute Gasteiger partial charge is 0.480 e. The molecule has 15 heavy (non-hydrogen) atoms. The molecule has 0 unspecified atom stereocenters. The van der Waals surface area contributed by atoms with Gasteiger partial charge in [0.2, 0.25) is 0 Å². The van der Waals surface area contributed by atoms with Gasteiger partial charge >= 0.3 is 12.0 Å². The minimum atomic E-state index is -1.28. The molecule has 84 valence electrons. The van der Waals surface area contributed by atoms with Gasteiger partial charge in [-0.2, -0.15) is 0 Å². The van der Waals surface area contributed by atoms with E-state index < -0.39 is 24.6 Å². The van der Waals surface area contributed by atoms with Gasteiger partial charge in [0.15, 0.2) is 6.04 Å². The van der Waals surface area contributed by atoms with Crippen molar-refractivity contribution in [2.24, 2.45) is 0 Å². The number of aliphatic carboxylic acids is 1. The van der Waals surface area contributed by atoms with Crippen molar-refractivity contribution in [3.05, 3.63) is 0 Å². The van der Waals surface area contributed by atoms with Crippen LogP contribution in [0.2, 0.25) is 0 Å². The molecule has 0 spiro atoms. The summed E-state index contributed by atoms with van der Waals surface area (Å²) in [5.41, 5.74) is 0. The highest BCUT2D eigenvalue weighted by Crippen LogP contribution is 1.82. The van der Waals surface area contributed by atoms with Crippen LogP contribution in [0.4, 0.5) is 4.79 Å². The first-order chi connectivity index (χ1) is 7.11. The first kappa shape index (κ1) is 13.3. The quantitative estimate of drug-likeness (QED) is 0.353. The van der Waals surface area contributed by atoms with E-state index in [4.69, 9.17) is 10.2 Å². The number of carbonyl (C=O) groups excluding carboxylic acids is 1. The van der Waals surface area contributed by atoms with Gasteiger partial charge in [0.1, 0.15) is 0 Å². The zero-order valence-electron chi connectivity index (χ0n) is 8.41. The fourth-order valence-electron chi connectivity index (χ4n) is 0.758. The predicted molar refractivity (Wildman–Crippen MR) is 53.1 cm³/mol. The Labute approximate surface area is 87.7 Å². The van der Waals surface area contributed by atoms with Crippen LogP contribution in [0.3, 0.4) is 0 Å². The van der Waals surface area contributed by atoms with Crippen molar-refractivity contribution in [1.29, 1.82) is 0 Å². The molecule has 0 bridgehead atoms. The van der Waals surface area contributed by atoms with E-state index >= 15 is 0 Å². The predicted octanol–water partition coefficient (Wildman–Crippen LogP) is -0.855. The number of rotatable bonds is 5. The van der Waals surface area contributed by atoms with Gasteiger partial charge in [-0.3, -0.25) is 0 Å². The molecule has 0 aromatic rings. The van der Waals surface area contributed by atoms with Gasteiger partial charge in [-0.1, -0.05) is 0 Å². The summed E-state index contributed by atoms with van der Waals surface area (Å²) in [7, 11) is 0. The Bertz CT molecular complexity index is 280. The van der Waals surface area contributed by atoms with Crippen molar-refractivity contribution in [2.75, 3.05) is 13.2 Å². The number of hydrogen-bond acceptors (Lipinski definition) is 3. The maximum Gasteiger partial charge on any atom is 0.328 e. The number of carboxylic acid groups (broad SMARTS) is 1. The molecule has 0 aliphatic carbocycles. The highest BCUT2D eigenvalue weighted by molar-refractivity contribution is 5.82. The van der Waals surface area contributed by atoms with Gasteiger partial charge in [-0.25, -0.2) is 9.59 Å². The summed E-state index contributed by atoms with van der Waals surface area (Å²) >= 11 is 0. The summed E-state index contributed by atoms with van der Waals surface area (Å²) in [6.45, 7) is 1.38. The van der Waals surface area contributed by atoms with Crippen molar-refractivity contribution in [1.82, 2.24) is 10.6 Å². The van der Waals surface area contributed by atoms with E-state index in [1.807, 2.05) is 0 Å². The molecule has 0 radical (unpaired) electrons. The van der Waals surface area contributed by atoms with Gasteiger partial charge in [-0.15, -0.1) is 11.8 Å². The number of carboxylic acids is 1. The zero-order chi connectivity index (χ0) is 11.7. The van der Waals surface area contributed by atoms with Gasteiger partial charge in [0, 0.05) is 13.0 Å². The molecule has 0 aliphatic heterocycles. The second-order valence-electron chi connectivity index (χ2n) is 2.65. The van der Waals surface area contributed by atoms with Gasteiger partial charge in [0.25, 0.3) is 0 Å². The van der Waals surface area contributed by atoms with Crippen molar-refractivity contribution < 1.29 is 19.8 Å². The molecule has 0 aromatic heterocycles. The van der Waals surface area contributed by atoms with Crippen molar-refractivity contribution in [2.45, 2.75) is 19.4 Å². The minimum Gasteiger partial charge on any atom is -0.480 e. The van der Waals surface area contributed by atoms with Crippen LogP contribution in [-0.2, 0) is 4.79 Å². The Balaban J connectivity index is 3.79. The summed E-state index contributed by atoms with van der Waals surface area (Å²) in [6, 6.07) is -1.91.